The predicted octanol–water partition coefficient (Wildman–Crippen LogP) is 4.50. The maximum absolute atomic E-state index is 13.1. The van der Waals surface area contributed by atoms with E-state index in [2.05, 4.69) is 5.32 Å². The molecule has 3 rings (SSSR count). The number of benzene rings is 2. The van der Waals surface area contributed by atoms with E-state index >= 15 is 0 Å². The molecular weight excluding hydrogens is 383 g/mol. The van der Waals surface area contributed by atoms with Gasteiger partial charge in [0, 0.05) is 12.6 Å². The van der Waals surface area contributed by atoms with Crippen LogP contribution in [-0.4, -0.2) is 25.7 Å². The number of carbonyl (C=O) groups excluding carboxylic acids is 2. The summed E-state index contributed by atoms with van der Waals surface area (Å²) in [5, 5.41) is 3.13. The molecule has 146 valence electrons. The summed E-state index contributed by atoms with van der Waals surface area (Å²) in [5.74, 6) is -0.716. The van der Waals surface area contributed by atoms with Gasteiger partial charge in [0.25, 0.3) is 0 Å². The van der Waals surface area contributed by atoms with Crippen LogP contribution >= 0.6 is 11.6 Å². The van der Waals surface area contributed by atoms with Crippen LogP contribution in [0.25, 0.3) is 6.08 Å². The second kappa shape index (κ2) is 8.44. The van der Waals surface area contributed by atoms with Crippen molar-refractivity contribution in [2.24, 2.45) is 0 Å². The first kappa shape index (κ1) is 19.9. The number of hydrogen-bond acceptors (Lipinski definition) is 3. The summed E-state index contributed by atoms with van der Waals surface area (Å²) in [5.41, 5.74) is 3.37. The quantitative estimate of drug-likeness (QED) is 0.766. The van der Waals surface area contributed by atoms with Crippen molar-refractivity contribution in [3.8, 4) is 0 Å². The summed E-state index contributed by atoms with van der Waals surface area (Å²) in [6, 6.07) is 9.51. The lowest BCUT2D eigenvalue weighted by Crippen LogP contribution is -2.28. The maximum atomic E-state index is 13.1. The first-order chi connectivity index (χ1) is 13.4. The van der Waals surface area contributed by atoms with E-state index in [-0.39, 0.29) is 23.1 Å². The Hall–Kier alpha value is -2.86. The molecule has 28 heavy (non-hydrogen) atoms. The highest BCUT2D eigenvalue weighted by Gasteiger charge is 2.25. The number of methoxy groups -OCH3 is 1. The van der Waals surface area contributed by atoms with Crippen LogP contribution in [0.2, 0.25) is 5.02 Å². The molecule has 2 aromatic carbocycles. The molecule has 0 aliphatic carbocycles. The molecule has 0 saturated carbocycles. The summed E-state index contributed by atoms with van der Waals surface area (Å²) in [6.45, 7) is 2.46. The number of rotatable bonds is 4. The molecule has 0 saturated heterocycles. The molecular formula is C21H20ClFN2O3. The van der Waals surface area contributed by atoms with Crippen LogP contribution in [0.3, 0.4) is 0 Å². The molecule has 1 atom stereocenters. The Morgan fingerprint density at radius 2 is 2.07 bits per heavy atom. The van der Waals surface area contributed by atoms with Gasteiger partial charge in [0.2, 0.25) is 5.91 Å². The fraction of sp³-hybridized carbons (Fsp3) is 0.238. The van der Waals surface area contributed by atoms with Crippen LogP contribution in [0.1, 0.15) is 29.7 Å². The molecule has 0 spiro atoms. The fourth-order valence-electron chi connectivity index (χ4n) is 3.14. The molecule has 7 heteroatoms. The van der Waals surface area contributed by atoms with Gasteiger partial charge in [0.05, 0.1) is 23.9 Å². The third kappa shape index (κ3) is 4.34. The molecule has 2 amide bonds. The van der Waals surface area contributed by atoms with Crippen LogP contribution < -0.4 is 10.2 Å². The van der Waals surface area contributed by atoms with Gasteiger partial charge in [-0.15, -0.1) is 0 Å². The molecule has 1 heterocycles. The lowest BCUT2D eigenvalue weighted by molar-refractivity contribution is -0.117. The van der Waals surface area contributed by atoms with E-state index in [1.54, 1.807) is 11.0 Å². The zero-order valence-corrected chi connectivity index (χ0v) is 16.3. The van der Waals surface area contributed by atoms with E-state index in [4.69, 9.17) is 16.3 Å². The Balaban J connectivity index is 1.66. The van der Waals surface area contributed by atoms with Gasteiger partial charge >= 0.3 is 6.09 Å². The number of hydrogen-bond donors (Lipinski definition) is 1. The number of ether oxygens (including phenoxy) is 1. The highest BCUT2D eigenvalue weighted by molar-refractivity contribution is 6.32. The van der Waals surface area contributed by atoms with Crippen LogP contribution in [0, 0.1) is 5.82 Å². The molecule has 1 aliphatic rings. The summed E-state index contributed by atoms with van der Waals surface area (Å²) >= 11 is 5.95. The zero-order chi connectivity index (χ0) is 20.3. The molecule has 5 nitrogen and oxygen atoms in total. The second-order valence-corrected chi connectivity index (χ2v) is 6.90. The van der Waals surface area contributed by atoms with Crippen molar-refractivity contribution in [3.05, 3.63) is 70.0 Å². The monoisotopic (exact) mass is 402 g/mol. The van der Waals surface area contributed by atoms with Gasteiger partial charge in [-0.25, -0.2) is 9.18 Å². The molecule has 0 bridgehead atoms. The maximum Gasteiger partial charge on any atom is 0.414 e. The standard InChI is InChI=1S/C21H20ClFN2O3/c1-13(24-20(26)8-5-14-3-6-17(23)12-18(14)22)15-4-7-19-16(11-15)9-10-25(19)21(27)28-2/h3-8,11-13H,9-10H2,1-2H3,(H,24,26). The van der Waals surface area contributed by atoms with E-state index in [1.165, 1.54) is 31.4 Å². The van der Waals surface area contributed by atoms with E-state index in [0.29, 0.717) is 12.1 Å². The average Bonchev–Trinajstić information content (AvgIpc) is 3.09. The van der Waals surface area contributed by atoms with Gasteiger partial charge in [-0.1, -0.05) is 29.8 Å². The van der Waals surface area contributed by atoms with Gasteiger partial charge in [-0.05, 0) is 54.3 Å². The normalized spacial score (nSPS) is 14.1. The minimum Gasteiger partial charge on any atom is -0.452 e. The van der Waals surface area contributed by atoms with Gasteiger partial charge in [0.15, 0.2) is 0 Å². The van der Waals surface area contributed by atoms with Gasteiger partial charge in [-0.3, -0.25) is 9.69 Å². The minimum absolute atomic E-state index is 0.224. The third-order valence-electron chi connectivity index (χ3n) is 4.63. The molecule has 0 fully saturated rings. The number of anilines is 1. The Morgan fingerprint density at radius 3 is 2.79 bits per heavy atom. The van der Waals surface area contributed by atoms with Crippen molar-refractivity contribution >= 4 is 35.4 Å². The Bertz CT molecular complexity index is 945. The van der Waals surface area contributed by atoms with Gasteiger partial charge < -0.3 is 10.1 Å². The van der Waals surface area contributed by atoms with Crippen molar-refractivity contribution in [1.82, 2.24) is 5.32 Å². The minimum atomic E-state index is -0.428. The fourth-order valence-corrected chi connectivity index (χ4v) is 3.37. The Morgan fingerprint density at radius 1 is 1.29 bits per heavy atom. The largest absolute Gasteiger partial charge is 0.452 e. The molecule has 0 radical (unpaired) electrons. The Labute approximate surface area is 167 Å². The zero-order valence-electron chi connectivity index (χ0n) is 15.5. The smallest absolute Gasteiger partial charge is 0.414 e. The summed E-state index contributed by atoms with van der Waals surface area (Å²) < 4.78 is 17.9. The molecule has 1 N–H and O–H groups in total. The van der Waals surface area contributed by atoms with Crippen molar-refractivity contribution < 1.29 is 18.7 Å². The predicted molar refractivity (Wildman–Crippen MR) is 107 cm³/mol. The van der Waals surface area contributed by atoms with E-state index in [0.717, 1.165) is 23.2 Å². The summed E-state index contributed by atoms with van der Waals surface area (Å²) in [4.78, 5) is 25.6. The van der Waals surface area contributed by atoms with E-state index < -0.39 is 5.82 Å². The first-order valence-electron chi connectivity index (χ1n) is 8.81. The number of fused-ring (bicyclic) bond motifs is 1. The second-order valence-electron chi connectivity index (χ2n) is 6.49. The Kier molecular flexibility index (Phi) is 5.99. The number of carbonyl (C=O) groups is 2. The lowest BCUT2D eigenvalue weighted by Gasteiger charge is -2.17. The topological polar surface area (TPSA) is 58.6 Å². The highest BCUT2D eigenvalue weighted by atomic mass is 35.5. The third-order valence-corrected chi connectivity index (χ3v) is 4.96. The van der Waals surface area contributed by atoms with Gasteiger partial charge in [0.1, 0.15) is 5.82 Å². The summed E-state index contributed by atoms with van der Waals surface area (Å²) in [7, 11) is 1.36. The molecule has 1 unspecified atom stereocenters. The van der Waals surface area contributed by atoms with Crippen LogP contribution in [0.4, 0.5) is 14.9 Å². The van der Waals surface area contributed by atoms with Crippen molar-refractivity contribution in [1.29, 1.82) is 0 Å². The van der Waals surface area contributed by atoms with E-state index in [1.807, 2.05) is 25.1 Å². The van der Waals surface area contributed by atoms with Crippen molar-refractivity contribution in [2.75, 3.05) is 18.6 Å². The first-order valence-corrected chi connectivity index (χ1v) is 9.18. The average molecular weight is 403 g/mol. The van der Waals surface area contributed by atoms with Crippen LogP contribution in [0.5, 0.6) is 0 Å². The van der Waals surface area contributed by atoms with Crippen LogP contribution in [0.15, 0.2) is 42.5 Å². The molecule has 2 aromatic rings. The summed E-state index contributed by atoms with van der Waals surface area (Å²) in [6.07, 6.45) is 3.27. The SMILES string of the molecule is COC(=O)N1CCc2cc(C(C)NC(=O)C=Cc3ccc(F)cc3Cl)ccc21. The number of halogens is 2. The number of nitrogens with one attached hydrogen (secondary N) is 1. The lowest BCUT2D eigenvalue weighted by atomic mass is 10.0. The van der Waals surface area contributed by atoms with Crippen LogP contribution in [-0.2, 0) is 16.0 Å². The van der Waals surface area contributed by atoms with E-state index in [9.17, 15) is 14.0 Å². The van der Waals surface area contributed by atoms with Gasteiger partial charge in [-0.2, -0.15) is 0 Å². The molecule has 1 aliphatic heterocycles. The van der Waals surface area contributed by atoms with Crippen molar-refractivity contribution in [3.63, 3.8) is 0 Å². The number of amides is 2. The molecule has 0 aromatic heterocycles. The number of nitrogens with zero attached hydrogens (tertiary/aromatic N) is 1. The van der Waals surface area contributed by atoms with Crippen molar-refractivity contribution in [2.45, 2.75) is 19.4 Å². The highest BCUT2D eigenvalue weighted by Crippen LogP contribution is 2.31.